The highest BCUT2D eigenvalue weighted by molar-refractivity contribution is 6.22. The van der Waals surface area contributed by atoms with Gasteiger partial charge in [-0.2, -0.15) is 0 Å². The Morgan fingerprint density at radius 3 is 2.29 bits per heavy atom. The van der Waals surface area contributed by atoms with Gasteiger partial charge in [0.2, 0.25) is 11.8 Å². The smallest absolute Gasteiger partial charge is 0.238 e. The van der Waals surface area contributed by atoms with Crippen LogP contribution < -0.4 is 15.0 Å². The lowest BCUT2D eigenvalue weighted by Crippen LogP contribution is -2.40. The quantitative estimate of drug-likeness (QED) is 0.0882. The van der Waals surface area contributed by atoms with E-state index in [2.05, 4.69) is 5.32 Å². The van der Waals surface area contributed by atoms with Gasteiger partial charge in [0.15, 0.2) is 0 Å². The molecule has 0 unspecified atom stereocenters. The summed E-state index contributed by atoms with van der Waals surface area (Å²) in [4.78, 5) is 29.3. The highest BCUT2D eigenvalue weighted by Crippen LogP contribution is 2.47. The summed E-state index contributed by atoms with van der Waals surface area (Å²) in [5.74, 6) is -2.09. The number of hydrogen-bond acceptors (Lipinski definition) is 7. The minimum absolute atomic E-state index is 0.122. The highest BCUT2D eigenvalue weighted by Gasteiger charge is 2.55. The second kappa shape index (κ2) is 15.4. The maximum Gasteiger partial charge on any atom is 0.238 e. The van der Waals surface area contributed by atoms with E-state index in [1.54, 1.807) is 30.3 Å². The molecule has 1 aliphatic heterocycles. The molecule has 49 heavy (non-hydrogen) atoms. The number of aliphatic hydroxyl groups excluding tert-OH is 2. The molecule has 0 aromatic heterocycles. The molecule has 1 fully saturated rings. The van der Waals surface area contributed by atoms with Gasteiger partial charge in [0.05, 0.1) is 30.2 Å². The lowest BCUT2D eigenvalue weighted by atomic mass is 9.68. The van der Waals surface area contributed by atoms with Gasteiger partial charge in [0, 0.05) is 17.3 Å². The zero-order valence-corrected chi connectivity index (χ0v) is 27.5. The molecule has 1 aliphatic carbocycles. The highest BCUT2D eigenvalue weighted by atomic mass is 16.5. The summed E-state index contributed by atoms with van der Waals surface area (Å²) in [6.07, 6.45) is 2.97. The van der Waals surface area contributed by atoms with Crippen LogP contribution in [0, 0.1) is 17.8 Å². The number of carbonyl (C=O) groups is 2. The van der Waals surface area contributed by atoms with Crippen LogP contribution in [0.3, 0.4) is 0 Å². The molecule has 1 saturated heterocycles. The number of ether oxygens (including phenoxy) is 1. The third-order valence-electron chi connectivity index (χ3n) is 9.52. The largest absolute Gasteiger partial charge is 0.508 e. The van der Waals surface area contributed by atoms with Crippen LogP contribution in [-0.2, 0) is 9.59 Å². The summed E-state index contributed by atoms with van der Waals surface area (Å²) in [5.41, 5.74) is 5.48. The molecule has 2 amide bonds. The molecular weight excluding hydrogens is 616 g/mol. The number of imide groups is 1. The van der Waals surface area contributed by atoms with E-state index >= 15 is 0 Å². The fourth-order valence-electron chi connectivity index (χ4n) is 7.09. The van der Waals surface area contributed by atoms with Crippen LogP contribution >= 0.6 is 0 Å². The number of phenols is 1. The average molecular weight is 659 g/mol. The Kier molecular flexibility index (Phi) is 10.6. The van der Waals surface area contributed by atoms with Gasteiger partial charge in [-0.25, -0.2) is 0 Å². The minimum atomic E-state index is -0.966. The van der Waals surface area contributed by atoms with Crippen LogP contribution in [-0.4, -0.2) is 46.5 Å². The molecule has 0 radical (unpaired) electrons. The third kappa shape index (κ3) is 7.61. The van der Waals surface area contributed by atoms with Crippen molar-refractivity contribution >= 4 is 35.0 Å². The number of allylic oxidation sites excluding steroid dienone is 1. The van der Waals surface area contributed by atoms with E-state index in [1.807, 2.05) is 91.9 Å². The number of aromatic hydroxyl groups is 1. The van der Waals surface area contributed by atoms with Gasteiger partial charge in [0.25, 0.3) is 0 Å². The van der Waals surface area contributed by atoms with Crippen LogP contribution in [0.5, 0.6) is 11.5 Å². The predicted molar refractivity (Wildman–Crippen MR) is 191 cm³/mol. The van der Waals surface area contributed by atoms with Gasteiger partial charge in [-0.3, -0.25) is 14.5 Å². The number of hydrogen-bond donors (Lipinski definition) is 4. The molecule has 4 N–H and O–H groups in total. The lowest BCUT2D eigenvalue weighted by Gasteiger charge is -2.36. The number of phenolic OH excluding ortho intramolecular Hbond substituents is 1. The van der Waals surface area contributed by atoms with Gasteiger partial charge >= 0.3 is 0 Å². The number of fused-ring (bicyclic) bond motifs is 1. The van der Waals surface area contributed by atoms with Gasteiger partial charge in [-0.05, 0) is 103 Å². The summed E-state index contributed by atoms with van der Waals surface area (Å²) in [6.45, 7) is 1.77. The Bertz CT molecular complexity index is 1820. The zero-order chi connectivity index (χ0) is 34.3. The summed E-state index contributed by atoms with van der Waals surface area (Å²) >= 11 is 0. The summed E-state index contributed by atoms with van der Waals surface area (Å²) in [6, 6.07) is 33.2. The van der Waals surface area contributed by atoms with Crippen LogP contribution in [0.2, 0.25) is 0 Å². The molecular formula is C41H42N2O6. The molecule has 4 aromatic rings. The van der Waals surface area contributed by atoms with E-state index in [-0.39, 0.29) is 30.6 Å². The van der Waals surface area contributed by atoms with Crippen molar-refractivity contribution in [2.45, 2.75) is 38.7 Å². The van der Waals surface area contributed by atoms with Crippen molar-refractivity contribution in [3.05, 3.63) is 131 Å². The fourth-order valence-corrected chi connectivity index (χ4v) is 7.09. The molecule has 252 valence electrons. The van der Waals surface area contributed by atoms with Crippen molar-refractivity contribution < 1.29 is 29.6 Å². The van der Waals surface area contributed by atoms with E-state index in [9.17, 15) is 24.9 Å². The maximum absolute atomic E-state index is 14.1. The van der Waals surface area contributed by atoms with Gasteiger partial charge < -0.3 is 25.4 Å². The second-order valence-electron chi connectivity index (χ2n) is 12.6. The van der Waals surface area contributed by atoms with Crippen LogP contribution in [0.4, 0.5) is 17.1 Å². The van der Waals surface area contributed by atoms with Crippen LogP contribution in [0.15, 0.2) is 126 Å². The third-order valence-corrected chi connectivity index (χ3v) is 9.52. The molecule has 2 aliphatic rings. The number of nitrogens with zero attached hydrogens (tertiary/aromatic N) is 1. The fraction of sp³-hybridized carbons (Fsp3) is 0.268. The Hall–Kier alpha value is -5.18. The first kappa shape index (κ1) is 33.7. The molecule has 0 spiro atoms. The lowest BCUT2D eigenvalue weighted by molar-refractivity contribution is -0.123. The maximum atomic E-state index is 14.1. The van der Waals surface area contributed by atoms with E-state index in [1.165, 1.54) is 4.90 Å². The second-order valence-corrected chi connectivity index (χ2v) is 12.6. The standard InChI is InChI=1S/C41H42N2O6/c1-2-27(22-28-10-9-13-33(45)23-28)16-21-37(46)38-29(26-49-34-14-7-4-8-15-34)24-35-39(36(38)25-44)41(48)43(40(35)47)32-19-17-31(18-20-32)42-30-11-5-3-6-12-30/h3-15,17-20,22-23,35-37,39,42,44-46H,2,16,21,24-26H2,1H3/b27-22+/t35-,36+,37-,39-/m1/s1. The molecule has 1 heterocycles. The van der Waals surface area contributed by atoms with Crippen LogP contribution in [0.1, 0.15) is 38.2 Å². The molecule has 4 aromatic carbocycles. The first-order chi connectivity index (χ1) is 23.9. The molecule has 0 saturated carbocycles. The number of anilines is 3. The Morgan fingerprint density at radius 1 is 0.918 bits per heavy atom. The SMILES string of the molecule is CC/C(=C\c1cccc(O)c1)CC[C@@H](O)C1=C(COc2ccccc2)C[C@H]2C(=O)N(c3ccc(Nc4ccccc4)cc3)C(=O)[C@H]2[C@H]1CO. The van der Waals surface area contributed by atoms with E-state index in [0.717, 1.165) is 34.5 Å². The summed E-state index contributed by atoms with van der Waals surface area (Å²) < 4.78 is 6.14. The molecule has 8 nitrogen and oxygen atoms in total. The summed E-state index contributed by atoms with van der Waals surface area (Å²) in [7, 11) is 0. The topological polar surface area (TPSA) is 119 Å². The van der Waals surface area contributed by atoms with Crippen molar-refractivity contribution in [1.29, 1.82) is 0 Å². The van der Waals surface area contributed by atoms with Crippen molar-refractivity contribution in [3.8, 4) is 11.5 Å². The molecule has 0 bridgehead atoms. The molecule has 6 rings (SSSR count). The molecule has 4 atom stereocenters. The number of carbonyl (C=O) groups excluding carboxylic acids is 2. The van der Waals surface area contributed by atoms with Crippen molar-refractivity contribution in [2.24, 2.45) is 17.8 Å². The average Bonchev–Trinajstić information content (AvgIpc) is 3.37. The zero-order valence-electron chi connectivity index (χ0n) is 27.5. The van der Waals surface area contributed by atoms with E-state index in [0.29, 0.717) is 29.9 Å². The van der Waals surface area contributed by atoms with Crippen LogP contribution in [0.25, 0.3) is 6.08 Å². The van der Waals surface area contributed by atoms with E-state index in [4.69, 9.17) is 4.74 Å². The summed E-state index contributed by atoms with van der Waals surface area (Å²) in [5, 5.41) is 35.9. The van der Waals surface area contributed by atoms with E-state index < -0.39 is 30.5 Å². The van der Waals surface area contributed by atoms with Gasteiger partial charge in [0.1, 0.15) is 18.1 Å². The number of amides is 2. The predicted octanol–water partition coefficient (Wildman–Crippen LogP) is 7.26. The minimum Gasteiger partial charge on any atom is -0.508 e. The number of rotatable bonds is 13. The van der Waals surface area contributed by atoms with Crippen molar-refractivity contribution in [2.75, 3.05) is 23.4 Å². The normalized spacial score (nSPS) is 19.9. The van der Waals surface area contributed by atoms with Crippen molar-refractivity contribution in [1.82, 2.24) is 0 Å². The first-order valence-electron chi connectivity index (χ1n) is 16.8. The molecule has 8 heteroatoms. The monoisotopic (exact) mass is 658 g/mol. The number of benzene rings is 4. The first-order valence-corrected chi connectivity index (χ1v) is 16.8. The van der Waals surface area contributed by atoms with Crippen molar-refractivity contribution in [3.63, 3.8) is 0 Å². The number of para-hydroxylation sites is 2. The van der Waals surface area contributed by atoms with Gasteiger partial charge in [-0.15, -0.1) is 0 Å². The Balaban J connectivity index is 1.26. The Labute approximate surface area is 287 Å². The van der Waals surface area contributed by atoms with Gasteiger partial charge in [-0.1, -0.05) is 67.1 Å². The Morgan fingerprint density at radius 2 is 1.61 bits per heavy atom. The number of nitrogens with one attached hydrogen (secondary N) is 1. The number of aliphatic hydroxyl groups is 2.